The summed E-state index contributed by atoms with van der Waals surface area (Å²) in [5, 5.41) is 15.2. The lowest BCUT2D eigenvalue weighted by atomic mass is 9.96. The van der Waals surface area contributed by atoms with Crippen LogP contribution in [-0.4, -0.2) is 51.6 Å². The highest BCUT2D eigenvalue weighted by atomic mass is 32.2. The third-order valence-corrected chi connectivity index (χ3v) is 8.60. The van der Waals surface area contributed by atoms with Gasteiger partial charge in [0, 0.05) is 50.6 Å². The summed E-state index contributed by atoms with van der Waals surface area (Å²) in [6.07, 6.45) is 3.58. The topological polar surface area (TPSA) is 113 Å². The normalized spacial score (nSPS) is 14.1. The molecule has 4 aromatic rings. The van der Waals surface area contributed by atoms with Crippen molar-refractivity contribution in [3.8, 4) is 11.5 Å². The molecule has 0 aliphatic heterocycles. The summed E-state index contributed by atoms with van der Waals surface area (Å²) in [6, 6.07) is 20.6. The zero-order chi connectivity index (χ0) is 28.8. The minimum Gasteiger partial charge on any atom is -0.492 e. The van der Waals surface area contributed by atoms with Gasteiger partial charge in [0.2, 0.25) is 0 Å². The second kappa shape index (κ2) is 12.9. The Bertz CT molecular complexity index is 1570. The second-order valence-electron chi connectivity index (χ2n) is 10.4. The summed E-state index contributed by atoms with van der Waals surface area (Å²) < 4.78 is 46.6. The zero-order valence-corrected chi connectivity index (χ0v) is 24.2. The number of nitrogens with zero attached hydrogens (tertiary/aromatic N) is 1. The van der Waals surface area contributed by atoms with Gasteiger partial charge in [-0.1, -0.05) is 36.4 Å². The van der Waals surface area contributed by atoms with E-state index in [2.05, 4.69) is 16.1 Å². The lowest BCUT2D eigenvalue weighted by molar-refractivity contribution is 0.172. The van der Waals surface area contributed by atoms with E-state index in [0.29, 0.717) is 24.5 Å². The van der Waals surface area contributed by atoms with Crippen molar-refractivity contribution in [3.63, 3.8) is 0 Å². The van der Waals surface area contributed by atoms with Crippen molar-refractivity contribution in [2.24, 2.45) is 0 Å². The highest BCUT2D eigenvalue weighted by molar-refractivity contribution is 7.90. The van der Waals surface area contributed by atoms with E-state index in [-0.39, 0.29) is 18.8 Å². The predicted molar refractivity (Wildman–Crippen MR) is 160 cm³/mol. The molecule has 1 aliphatic rings. The molecule has 0 bridgehead atoms. The number of ether oxygens (including phenoxy) is 2. The molecule has 0 amide bonds. The van der Waals surface area contributed by atoms with Crippen molar-refractivity contribution >= 4 is 26.9 Å². The Morgan fingerprint density at radius 1 is 1.00 bits per heavy atom. The minimum atomic E-state index is -3.78. The first-order chi connectivity index (χ1) is 19.8. The molecular formula is C31H37N3O6S. The Labute approximate surface area is 241 Å². The van der Waals surface area contributed by atoms with Crippen LogP contribution in [0.2, 0.25) is 0 Å². The molecular weight excluding hydrogens is 542 g/mol. The van der Waals surface area contributed by atoms with Crippen molar-refractivity contribution in [2.45, 2.75) is 38.4 Å². The maximum Gasteiger partial charge on any atom is 0.301 e. The molecule has 0 spiro atoms. The lowest BCUT2D eigenvalue weighted by Gasteiger charge is -2.19. The molecule has 1 aromatic heterocycles. The standard InChI is InChI=1S/C31H37N3O6S/c1-34(2)41(36,37)33-27-18-23(12-15-30(27)39-21-22-8-4-3-5-9-22)28(35)20-32-16-17-38-24-13-14-26-25-10-6-7-11-29(25)40-31(26)19-24/h3-5,8-9,12-15,18-19,28,32-33,35H,6-7,10-11,16-17,20-21H2,1-2H3/t28-/m0/s1. The van der Waals surface area contributed by atoms with Crippen LogP contribution in [0.15, 0.2) is 71.1 Å². The van der Waals surface area contributed by atoms with Crippen molar-refractivity contribution in [1.29, 1.82) is 0 Å². The van der Waals surface area contributed by atoms with Gasteiger partial charge < -0.3 is 24.3 Å². The molecule has 3 N–H and O–H groups in total. The maximum absolute atomic E-state index is 12.6. The Kier molecular flexibility index (Phi) is 9.14. The first-order valence-corrected chi connectivity index (χ1v) is 15.3. The Morgan fingerprint density at radius 2 is 1.80 bits per heavy atom. The van der Waals surface area contributed by atoms with Gasteiger partial charge >= 0.3 is 10.2 Å². The molecule has 0 radical (unpaired) electrons. The van der Waals surface area contributed by atoms with Crippen LogP contribution in [0.3, 0.4) is 0 Å². The fourth-order valence-corrected chi connectivity index (χ4v) is 5.48. The third-order valence-electron chi connectivity index (χ3n) is 7.16. The van der Waals surface area contributed by atoms with Crippen LogP contribution in [-0.2, 0) is 29.7 Å². The number of rotatable bonds is 13. The average Bonchev–Trinajstić information content (AvgIpc) is 3.34. The Morgan fingerprint density at radius 3 is 2.61 bits per heavy atom. The van der Waals surface area contributed by atoms with Gasteiger partial charge in [0.1, 0.15) is 36.1 Å². The van der Waals surface area contributed by atoms with Gasteiger partial charge in [-0.3, -0.25) is 4.72 Å². The van der Waals surface area contributed by atoms with Gasteiger partial charge in [0.15, 0.2) is 0 Å². The summed E-state index contributed by atoms with van der Waals surface area (Å²) in [4.78, 5) is 0. The smallest absolute Gasteiger partial charge is 0.301 e. The van der Waals surface area contributed by atoms with Crippen LogP contribution in [0, 0.1) is 0 Å². The van der Waals surface area contributed by atoms with E-state index in [4.69, 9.17) is 13.9 Å². The number of aliphatic hydroxyl groups excluding tert-OH is 1. The monoisotopic (exact) mass is 579 g/mol. The summed E-state index contributed by atoms with van der Waals surface area (Å²) in [6.45, 7) is 1.47. The summed E-state index contributed by atoms with van der Waals surface area (Å²) >= 11 is 0. The molecule has 5 rings (SSSR count). The van der Waals surface area contributed by atoms with E-state index >= 15 is 0 Å². The van der Waals surface area contributed by atoms with Crippen LogP contribution in [0.25, 0.3) is 11.0 Å². The third kappa shape index (κ3) is 7.20. The summed E-state index contributed by atoms with van der Waals surface area (Å²) in [5.41, 5.74) is 3.96. The molecule has 1 heterocycles. The quantitative estimate of drug-likeness (QED) is 0.195. The molecule has 1 aliphatic carbocycles. The minimum absolute atomic E-state index is 0.254. The molecule has 9 nitrogen and oxygen atoms in total. The van der Waals surface area contributed by atoms with Gasteiger partial charge in [-0.2, -0.15) is 12.7 Å². The maximum atomic E-state index is 12.6. The molecule has 0 saturated heterocycles. The number of anilines is 1. The number of benzene rings is 3. The molecule has 0 fully saturated rings. The molecule has 0 saturated carbocycles. The van der Waals surface area contributed by atoms with E-state index in [1.807, 2.05) is 42.5 Å². The van der Waals surface area contributed by atoms with Gasteiger partial charge in [-0.05, 0) is 54.7 Å². The van der Waals surface area contributed by atoms with Crippen molar-refractivity contribution < 1.29 is 27.4 Å². The number of aryl methyl sites for hydroxylation is 2. The molecule has 41 heavy (non-hydrogen) atoms. The lowest BCUT2D eigenvalue weighted by Crippen LogP contribution is -2.29. The second-order valence-corrected chi connectivity index (χ2v) is 12.2. The number of furan rings is 1. The Balaban J connectivity index is 1.16. The van der Waals surface area contributed by atoms with Crippen LogP contribution in [0.5, 0.6) is 11.5 Å². The van der Waals surface area contributed by atoms with Crippen LogP contribution in [0.1, 0.15) is 41.4 Å². The van der Waals surface area contributed by atoms with Gasteiger partial charge in [-0.25, -0.2) is 0 Å². The van der Waals surface area contributed by atoms with Crippen molar-refractivity contribution in [2.75, 3.05) is 38.5 Å². The largest absolute Gasteiger partial charge is 0.492 e. The highest BCUT2D eigenvalue weighted by Crippen LogP contribution is 2.34. The molecule has 218 valence electrons. The van der Waals surface area contributed by atoms with E-state index in [1.165, 1.54) is 37.9 Å². The Hall–Kier alpha value is -3.57. The number of hydrogen-bond donors (Lipinski definition) is 3. The van der Waals surface area contributed by atoms with Crippen LogP contribution >= 0.6 is 0 Å². The van der Waals surface area contributed by atoms with Crippen LogP contribution < -0.4 is 19.5 Å². The number of aliphatic hydroxyl groups is 1. The highest BCUT2D eigenvalue weighted by Gasteiger charge is 2.20. The number of nitrogens with one attached hydrogen (secondary N) is 2. The van der Waals surface area contributed by atoms with E-state index in [0.717, 1.165) is 39.8 Å². The fraction of sp³-hybridized carbons (Fsp3) is 0.355. The molecule has 1 atom stereocenters. The number of fused-ring (bicyclic) bond motifs is 3. The van der Waals surface area contributed by atoms with E-state index in [1.54, 1.807) is 18.2 Å². The number of hydrogen-bond acceptors (Lipinski definition) is 7. The summed E-state index contributed by atoms with van der Waals surface area (Å²) in [5.74, 6) is 2.22. The van der Waals surface area contributed by atoms with Crippen molar-refractivity contribution in [3.05, 3.63) is 89.2 Å². The van der Waals surface area contributed by atoms with E-state index < -0.39 is 16.3 Å². The van der Waals surface area contributed by atoms with Gasteiger partial charge in [0.05, 0.1) is 11.8 Å². The first-order valence-electron chi connectivity index (χ1n) is 13.9. The van der Waals surface area contributed by atoms with Crippen LogP contribution in [0.4, 0.5) is 5.69 Å². The van der Waals surface area contributed by atoms with Crippen molar-refractivity contribution in [1.82, 2.24) is 9.62 Å². The SMILES string of the molecule is CN(C)S(=O)(=O)Nc1cc([C@@H](O)CNCCOc2ccc3c4c(oc3c2)CCCC4)ccc1OCc1ccccc1. The van der Waals surface area contributed by atoms with E-state index in [9.17, 15) is 13.5 Å². The molecule has 0 unspecified atom stereocenters. The fourth-order valence-electron chi connectivity index (χ4n) is 4.86. The first kappa shape index (κ1) is 28.9. The zero-order valence-electron chi connectivity index (χ0n) is 23.4. The molecule has 10 heteroatoms. The van der Waals surface area contributed by atoms with Gasteiger partial charge in [0.25, 0.3) is 0 Å². The summed E-state index contributed by atoms with van der Waals surface area (Å²) in [7, 11) is -0.898. The predicted octanol–water partition coefficient (Wildman–Crippen LogP) is 4.81. The van der Waals surface area contributed by atoms with Gasteiger partial charge in [-0.15, -0.1) is 0 Å². The molecule has 3 aromatic carbocycles. The average molecular weight is 580 g/mol.